The molecule has 0 spiro atoms. The molecule has 1 aromatic heterocycles. The Hall–Kier alpha value is -1.58. The van der Waals surface area contributed by atoms with Gasteiger partial charge in [-0.15, -0.1) is 12.4 Å². The lowest BCUT2D eigenvalue weighted by Gasteiger charge is -2.30. The zero-order valence-electron chi connectivity index (χ0n) is 13.1. The third-order valence-electron chi connectivity index (χ3n) is 2.97. The molecule has 0 aromatic carbocycles. The number of aliphatic hydroxyl groups is 1. The van der Waals surface area contributed by atoms with Crippen molar-refractivity contribution in [3.63, 3.8) is 0 Å². The Balaban J connectivity index is 0.00000441. The number of aliphatic hydroxyl groups excluding tert-OH is 1. The van der Waals surface area contributed by atoms with Crippen molar-refractivity contribution in [2.24, 2.45) is 0 Å². The minimum atomic E-state index is -0.758. The molecule has 0 saturated heterocycles. The molecule has 1 rings (SSSR count). The number of aromatic nitrogens is 2. The van der Waals surface area contributed by atoms with Crippen molar-refractivity contribution in [3.05, 3.63) is 10.9 Å². The highest BCUT2D eigenvalue weighted by Gasteiger charge is 2.23. The number of rotatable bonds is 7. The van der Waals surface area contributed by atoms with Crippen molar-refractivity contribution >= 4 is 18.5 Å². The minimum absolute atomic E-state index is 0. The fraction of sp³-hybridized carbons (Fsp3) is 0.750. The van der Waals surface area contributed by atoms with E-state index in [2.05, 4.69) is 47.7 Å². The zero-order valence-corrected chi connectivity index (χ0v) is 13.9. The van der Waals surface area contributed by atoms with Crippen molar-refractivity contribution < 1.29 is 24.2 Å². The molecular formula is C12H23ClN4O5. The molecule has 0 bridgehead atoms. The molecule has 1 aromatic rings. The lowest BCUT2D eigenvalue weighted by molar-refractivity contribution is -0.809. The lowest BCUT2D eigenvalue weighted by atomic mass is 10.2. The molecule has 0 fully saturated rings. The normalized spacial score (nSPS) is 10.9. The van der Waals surface area contributed by atoms with E-state index in [9.17, 15) is 10.0 Å². The van der Waals surface area contributed by atoms with Gasteiger partial charge < -0.3 is 20.4 Å². The topological polar surface area (TPSA) is 115 Å². The second-order valence-electron chi connectivity index (χ2n) is 5.08. The Morgan fingerprint density at radius 3 is 2.55 bits per heavy atom. The van der Waals surface area contributed by atoms with Gasteiger partial charge in [-0.25, -0.2) is 4.79 Å². The third kappa shape index (κ3) is 5.66. The van der Waals surface area contributed by atoms with Crippen molar-refractivity contribution in [3.8, 4) is 5.88 Å². The number of carbonyl (C=O) groups is 1. The van der Waals surface area contributed by atoms with Gasteiger partial charge in [-0.05, 0) is 32.6 Å². The van der Waals surface area contributed by atoms with Crippen LogP contribution in [0.15, 0.2) is 4.63 Å². The van der Waals surface area contributed by atoms with E-state index in [0.29, 0.717) is 25.2 Å². The number of amides is 1. The summed E-state index contributed by atoms with van der Waals surface area (Å²) in [7, 11) is 0. The molecular weight excluding hydrogens is 316 g/mol. The molecule has 0 radical (unpaired) electrons. The van der Waals surface area contributed by atoms with Gasteiger partial charge in [-0.3, -0.25) is 9.53 Å². The van der Waals surface area contributed by atoms with Crippen molar-refractivity contribution in [2.45, 2.75) is 46.4 Å². The first kappa shape index (κ1) is 20.4. The summed E-state index contributed by atoms with van der Waals surface area (Å²) >= 11 is 0. The highest BCUT2D eigenvalue weighted by molar-refractivity contribution is 5.85. The number of ether oxygens (including phenoxy) is 1. The Kier molecular flexibility index (Phi) is 8.76. The van der Waals surface area contributed by atoms with E-state index in [4.69, 9.17) is 9.84 Å². The van der Waals surface area contributed by atoms with Crippen LogP contribution in [-0.4, -0.2) is 46.4 Å². The van der Waals surface area contributed by atoms with E-state index in [0.717, 1.165) is 0 Å². The second kappa shape index (κ2) is 9.44. The van der Waals surface area contributed by atoms with E-state index in [1.165, 1.54) is 0 Å². The van der Waals surface area contributed by atoms with Crippen LogP contribution in [0.3, 0.4) is 0 Å². The second-order valence-corrected chi connectivity index (χ2v) is 5.08. The van der Waals surface area contributed by atoms with Gasteiger partial charge in [0.15, 0.2) is 0 Å². The predicted octanol–water partition coefficient (Wildman–Crippen LogP) is 0.429. The summed E-state index contributed by atoms with van der Waals surface area (Å²) in [6, 6.07) is 0.720. The quantitative estimate of drug-likeness (QED) is 0.693. The van der Waals surface area contributed by atoms with Crippen LogP contribution in [0.25, 0.3) is 0 Å². The number of halogens is 1. The summed E-state index contributed by atoms with van der Waals surface area (Å²) in [6.07, 6.45) is -0.758. The lowest BCUT2D eigenvalue weighted by Crippen LogP contribution is -2.43. The minimum Gasteiger partial charge on any atom is -0.387 e. The van der Waals surface area contributed by atoms with Gasteiger partial charge >= 0.3 is 12.0 Å². The average molecular weight is 339 g/mol. The molecule has 1 heterocycles. The molecule has 0 aliphatic heterocycles. The summed E-state index contributed by atoms with van der Waals surface area (Å²) < 4.78 is 9.04. The Bertz CT molecular complexity index is 458. The van der Waals surface area contributed by atoms with Gasteiger partial charge in [0.2, 0.25) is 0 Å². The summed E-state index contributed by atoms with van der Waals surface area (Å²) in [5.74, 6) is -0.338. The Morgan fingerprint density at radius 2 is 2.05 bits per heavy atom. The van der Waals surface area contributed by atoms with E-state index in [1.807, 2.05) is 0 Å². The average Bonchev–Trinajstić information content (AvgIpc) is 2.74. The fourth-order valence-corrected chi connectivity index (χ4v) is 1.98. The standard InChI is InChI=1S/C12H22N4O5.ClH/c1-8(2)15(9(3)4)6-5-13-12(18)20-11-10(7-17)16(19)21-14-11;/h8-9,17H,5-7H2,1-4H3,(H,13,18);1H. The summed E-state index contributed by atoms with van der Waals surface area (Å²) in [4.78, 5) is 13.8. The van der Waals surface area contributed by atoms with Gasteiger partial charge in [-0.1, -0.05) is 0 Å². The van der Waals surface area contributed by atoms with Gasteiger partial charge in [0.25, 0.3) is 5.69 Å². The van der Waals surface area contributed by atoms with E-state index in [-0.39, 0.29) is 28.9 Å². The number of hydrogen-bond acceptors (Lipinski definition) is 7. The Morgan fingerprint density at radius 1 is 1.45 bits per heavy atom. The van der Waals surface area contributed by atoms with Gasteiger partial charge in [-0.2, -0.15) is 0 Å². The first-order chi connectivity index (χ1) is 9.86. The van der Waals surface area contributed by atoms with Gasteiger partial charge in [0.1, 0.15) is 6.61 Å². The first-order valence-corrected chi connectivity index (χ1v) is 6.77. The van der Waals surface area contributed by atoms with Crippen molar-refractivity contribution in [1.29, 1.82) is 0 Å². The van der Waals surface area contributed by atoms with Crippen LogP contribution in [0.4, 0.5) is 4.79 Å². The molecule has 0 aliphatic carbocycles. The zero-order chi connectivity index (χ0) is 16.0. The van der Waals surface area contributed by atoms with Crippen LogP contribution < -0.4 is 15.0 Å². The maximum Gasteiger partial charge on any atom is 0.415 e. The molecule has 1 amide bonds. The van der Waals surface area contributed by atoms with Crippen molar-refractivity contribution in [2.75, 3.05) is 13.1 Å². The highest BCUT2D eigenvalue weighted by atomic mass is 35.5. The van der Waals surface area contributed by atoms with Crippen LogP contribution in [0.1, 0.15) is 33.4 Å². The van der Waals surface area contributed by atoms with Crippen LogP contribution in [0.2, 0.25) is 0 Å². The maximum atomic E-state index is 11.6. The molecule has 128 valence electrons. The van der Waals surface area contributed by atoms with Crippen LogP contribution >= 0.6 is 12.4 Å². The molecule has 0 aliphatic rings. The largest absolute Gasteiger partial charge is 0.415 e. The highest BCUT2D eigenvalue weighted by Crippen LogP contribution is 2.10. The number of hydrogen-bond donors (Lipinski definition) is 2. The first-order valence-electron chi connectivity index (χ1n) is 6.77. The van der Waals surface area contributed by atoms with Gasteiger partial charge in [0, 0.05) is 25.2 Å². The summed E-state index contributed by atoms with van der Waals surface area (Å²) in [6.45, 7) is 8.73. The number of carbonyl (C=O) groups excluding carboxylic acids is 1. The molecule has 0 saturated carbocycles. The monoisotopic (exact) mass is 338 g/mol. The van der Waals surface area contributed by atoms with Crippen LogP contribution in [0.5, 0.6) is 5.88 Å². The van der Waals surface area contributed by atoms with Gasteiger partial charge in [0.05, 0.1) is 5.16 Å². The molecule has 2 N–H and O–H groups in total. The molecule has 9 nitrogen and oxygen atoms in total. The Labute approximate surface area is 135 Å². The van der Waals surface area contributed by atoms with E-state index in [1.54, 1.807) is 0 Å². The summed E-state index contributed by atoms with van der Waals surface area (Å²) in [5.41, 5.74) is -0.254. The SMILES string of the molecule is CC(C)N(CCNC(=O)Oc1no[n+]([O-])c1CO)C(C)C.Cl. The maximum absolute atomic E-state index is 11.6. The van der Waals surface area contributed by atoms with Crippen LogP contribution in [-0.2, 0) is 6.61 Å². The van der Waals surface area contributed by atoms with E-state index >= 15 is 0 Å². The number of nitrogens with zero attached hydrogens (tertiary/aromatic N) is 3. The third-order valence-corrected chi connectivity index (χ3v) is 2.97. The molecule has 10 heteroatoms. The predicted molar refractivity (Wildman–Crippen MR) is 79.6 cm³/mol. The smallest absolute Gasteiger partial charge is 0.387 e. The number of nitrogens with one attached hydrogen (secondary N) is 1. The molecule has 22 heavy (non-hydrogen) atoms. The molecule has 0 atom stereocenters. The van der Waals surface area contributed by atoms with E-state index < -0.39 is 12.7 Å². The summed E-state index contributed by atoms with van der Waals surface area (Å²) in [5, 5.41) is 25.8. The molecule has 0 unspecified atom stereocenters. The van der Waals surface area contributed by atoms with Crippen LogP contribution in [0, 0.1) is 5.21 Å². The fourth-order valence-electron chi connectivity index (χ4n) is 1.98. The van der Waals surface area contributed by atoms with Crippen molar-refractivity contribution in [1.82, 2.24) is 15.4 Å².